The van der Waals surface area contributed by atoms with Gasteiger partial charge in [-0.1, -0.05) is 6.07 Å². The molecule has 0 fully saturated rings. The zero-order chi connectivity index (χ0) is 21.1. The Balaban J connectivity index is 1.68. The number of carbonyl (C=O) groups is 1. The van der Waals surface area contributed by atoms with Crippen LogP contribution in [0.5, 0.6) is 11.5 Å². The normalized spacial score (nSPS) is 10.6. The van der Waals surface area contributed by atoms with Gasteiger partial charge in [0.2, 0.25) is 5.82 Å². The van der Waals surface area contributed by atoms with E-state index < -0.39 is 5.91 Å². The average molecular weight is 424 g/mol. The number of rotatable bonds is 6. The Labute approximate surface area is 175 Å². The fourth-order valence-corrected chi connectivity index (χ4v) is 3.54. The van der Waals surface area contributed by atoms with Crippen LogP contribution in [0, 0.1) is 5.82 Å². The van der Waals surface area contributed by atoms with Crippen molar-refractivity contribution < 1.29 is 18.7 Å². The first kappa shape index (κ1) is 19.6. The van der Waals surface area contributed by atoms with E-state index in [1.807, 2.05) is 17.5 Å². The van der Waals surface area contributed by atoms with Gasteiger partial charge in [0.05, 0.1) is 24.8 Å². The summed E-state index contributed by atoms with van der Waals surface area (Å²) in [6.45, 7) is 0. The summed E-state index contributed by atoms with van der Waals surface area (Å²) in [6, 6.07) is 14.6. The number of benzene rings is 2. The summed E-state index contributed by atoms with van der Waals surface area (Å²) in [6.07, 6.45) is 0. The van der Waals surface area contributed by atoms with Gasteiger partial charge < -0.3 is 14.8 Å². The van der Waals surface area contributed by atoms with E-state index >= 15 is 0 Å². The molecule has 2 heterocycles. The van der Waals surface area contributed by atoms with Gasteiger partial charge >= 0.3 is 0 Å². The number of nitrogens with one attached hydrogen (secondary N) is 1. The molecule has 0 atom stereocenters. The first-order chi connectivity index (χ1) is 14.6. The molecule has 9 heteroatoms. The summed E-state index contributed by atoms with van der Waals surface area (Å²) in [5.74, 6) is 0.670. The number of aromatic nitrogens is 3. The lowest BCUT2D eigenvalue weighted by Crippen LogP contribution is -2.14. The van der Waals surface area contributed by atoms with Gasteiger partial charge in [-0.25, -0.2) is 14.1 Å². The van der Waals surface area contributed by atoms with Gasteiger partial charge in [0.25, 0.3) is 5.91 Å². The number of carbonyl (C=O) groups excluding carboxylic acids is 1. The highest BCUT2D eigenvalue weighted by Crippen LogP contribution is 2.30. The van der Waals surface area contributed by atoms with E-state index in [1.165, 1.54) is 42.4 Å². The summed E-state index contributed by atoms with van der Waals surface area (Å²) in [5, 5.41) is 9.03. The molecule has 0 bridgehead atoms. The zero-order valence-corrected chi connectivity index (χ0v) is 16.9. The minimum Gasteiger partial charge on any atom is -0.493 e. The molecule has 0 spiro atoms. The Hall–Kier alpha value is -3.72. The van der Waals surface area contributed by atoms with Crippen molar-refractivity contribution >= 4 is 22.9 Å². The van der Waals surface area contributed by atoms with Gasteiger partial charge in [-0.05, 0) is 47.8 Å². The van der Waals surface area contributed by atoms with Crippen LogP contribution in [-0.4, -0.2) is 34.9 Å². The molecular weight excluding hydrogens is 407 g/mol. The number of amides is 1. The van der Waals surface area contributed by atoms with Crippen molar-refractivity contribution in [2.24, 2.45) is 0 Å². The third kappa shape index (κ3) is 3.87. The molecule has 0 saturated heterocycles. The lowest BCUT2D eigenvalue weighted by Gasteiger charge is -2.09. The SMILES string of the molecule is COc1ccc(NC(=O)c2nc(-c3cccs3)n(-c3ccc(F)cc3)n2)cc1OC. The van der Waals surface area contributed by atoms with Crippen molar-refractivity contribution in [3.63, 3.8) is 0 Å². The molecule has 4 rings (SSSR count). The Morgan fingerprint density at radius 3 is 2.50 bits per heavy atom. The summed E-state index contributed by atoms with van der Waals surface area (Å²) < 4.78 is 25.3. The Kier molecular flexibility index (Phi) is 5.44. The molecule has 152 valence electrons. The van der Waals surface area contributed by atoms with Crippen LogP contribution in [0.25, 0.3) is 16.4 Å². The topological polar surface area (TPSA) is 78.3 Å². The van der Waals surface area contributed by atoms with Crippen molar-refractivity contribution in [3.05, 3.63) is 71.6 Å². The van der Waals surface area contributed by atoms with E-state index in [9.17, 15) is 9.18 Å². The lowest BCUT2D eigenvalue weighted by atomic mass is 10.2. The standard InChI is InChI=1S/C21H17FN4O3S/c1-28-16-10-7-14(12-17(16)29-2)23-21(27)19-24-20(18-4-3-11-30-18)26(25-19)15-8-5-13(22)6-9-15/h3-12H,1-2H3,(H,23,27). The van der Waals surface area contributed by atoms with Crippen molar-refractivity contribution in [1.82, 2.24) is 14.8 Å². The van der Waals surface area contributed by atoms with Gasteiger partial charge in [0.1, 0.15) is 5.82 Å². The van der Waals surface area contributed by atoms with Gasteiger partial charge in [-0.3, -0.25) is 4.79 Å². The molecule has 0 aliphatic heterocycles. The number of ether oxygens (including phenoxy) is 2. The number of halogens is 1. The van der Waals surface area contributed by atoms with Crippen molar-refractivity contribution in [1.29, 1.82) is 0 Å². The molecule has 2 aromatic carbocycles. The summed E-state index contributed by atoms with van der Waals surface area (Å²) in [4.78, 5) is 18.1. The molecule has 1 amide bonds. The third-order valence-electron chi connectivity index (χ3n) is 4.26. The third-order valence-corrected chi connectivity index (χ3v) is 5.13. The van der Waals surface area contributed by atoms with E-state index in [0.717, 1.165) is 4.88 Å². The van der Waals surface area contributed by atoms with Gasteiger partial charge in [0.15, 0.2) is 17.3 Å². The fourth-order valence-electron chi connectivity index (χ4n) is 2.84. The minimum atomic E-state index is -0.485. The van der Waals surface area contributed by atoms with Gasteiger partial charge in [-0.2, -0.15) is 0 Å². The monoisotopic (exact) mass is 424 g/mol. The molecule has 0 aliphatic rings. The summed E-state index contributed by atoms with van der Waals surface area (Å²) in [7, 11) is 3.05. The number of nitrogens with zero attached hydrogens (tertiary/aromatic N) is 3. The van der Waals surface area contributed by atoms with E-state index in [-0.39, 0.29) is 11.6 Å². The second-order valence-electron chi connectivity index (χ2n) is 6.15. The summed E-state index contributed by atoms with van der Waals surface area (Å²) in [5.41, 5.74) is 1.10. The number of thiophene rings is 1. The quantitative estimate of drug-likeness (QED) is 0.496. The fraction of sp³-hybridized carbons (Fsp3) is 0.0952. The average Bonchev–Trinajstić information content (AvgIpc) is 3.44. The maximum atomic E-state index is 13.3. The van der Waals surface area contributed by atoms with Crippen LogP contribution in [0.3, 0.4) is 0 Å². The number of hydrogen-bond donors (Lipinski definition) is 1. The second-order valence-corrected chi connectivity index (χ2v) is 7.10. The molecule has 0 radical (unpaired) electrons. The van der Waals surface area contributed by atoms with Crippen LogP contribution >= 0.6 is 11.3 Å². The maximum absolute atomic E-state index is 13.3. The Morgan fingerprint density at radius 2 is 1.83 bits per heavy atom. The van der Waals surface area contributed by atoms with E-state index in [4.69, 9.17) is 9.47 Å². The predicted molar refractivity (Wildman–Crippen MR) is 112 cm³/mol. The van der Waals surface area contributed by atoms with Crippen LogP contribution in [0.1, 0.15) is 10.6 Å². The van der Waals surface area contributed by atoms with Crippen LogP contribution in [0.2, 0.25) is 0 Å². The van der Waals surface area contributed by atoms with Crippen molar-refractivity contribution in [3.8, 4) is 27.9 Å². The van der Waals surface area contributed by atoms with Crippen molar-refractivity contribution in [2.45, 2.75) is 0 Å². The highest BCUT2D eigenvalue weighted by Gasteiger charge is 2.20. The molecule has 0 aliphatic carbocycles. The second kappa shape index (κ2) is 8.34. The zero-order valence-electron chi connectivity index (χ0n) is 16.1. The number of anilines is 1. The highest BCUT2D eigenvalue weighted by molar-refractivity contribution is 7.13. The molecule has 30 heavy (non-hydrogen) atoms. The molecular formula is C21H17FN4O3S. The predicted octanol–water partition coefficient (Wildman–Crippen LogP) is 4.40. The molecule has 7 nitrogen and oxygen atoms in total. The van der Waals surface area contributed by atoms with E-state index in [0.29, 0.717) is 28.7 Å². The first-order valence-electron chi connectivity index (χ1n) is 8.89. The van der Waals surface area contributed by atoms with Gasteiger partial charge in [0, 0.05) is 11.8 Å². The molecule has 0 saturated carbocycles. The largest absolute Gasteiger partial charge is 0.493 e. The molecule has 4 aromatic rings. The lowest BCUT2D eigenvalue weighted by molar-refractivity contribution is 0.101. The van der Waals surface area contributed by atoms with E-state index in [1.54, 1.807) is 30.3 Å². The molecule has 1 N–H and O–H groups in total. The van der Waals surface area contributed by atoms with Crippen LogP contribution in [0.4, 0.5) is 10.1 Å². The number of methoxy groups -OCH3 is 2. The maximum Gasteiger partial charge on any atom is 0.295 e. The minimum absolute atomic E-state index is 0.0162. The van der Waals surface area contributed by atoms with Crippen LogP contribution in [0.15, 0.2) is 60.0 Å². The Bertz CT molecular complexity index is 1170. The molecule has 0 unspecified atom stereocenters. The Morgan fingerprint density at radius 1 is 1.07 bits per heavy atom. The van der Waals surface area contributed by atoms with Gasteiger partial charge in [-0.15, -0.1) is 16.4 Å². The summed E-state index contributed by atoms with van der Waals surface area (Å²) >= 11 is 1.47. The highest BCUT2D eigenvalue weighted by atomic mass is 32.1. The smallest absolute Gasteiger partial charge is 0.295 e. The molecule has 2 aromatic heterocycles. The van der Waals surface area contributed by atoms with E-state index in [2.05, 4.69) is 15.4 Å². The number of hydrogen-bond acceptors (Lipinski definition) is 6. The van der Waals surface area contributed by atoms with Crippen LogP contribution < -0.4 is 14.8 Å². The first-order valence-corrected chi connectivity index (χ1v) is 9.77. The van der Waals surface area contributed by atoms with Crippen molar-refractivity contribution in [2.75, 3.05) is 19.5 Å². The van der Waals surface area contributed by atoms with Crippen LogP contribution in [-0.2, 0) is 0 Å².